The first-order chi connectivity index (χ1) is 8.29. The van der Waals surface area contributed by atoms with Gasteiger partial charge < -0.3 is 14.8 Å². The van der Waals surface area contributed by atoms with Gasteiger partial charge in [0.2, 0.25) is 0 Å². The number of aromatic nitrogens is 1. The van der Waals surface area contributed by atoms with Gasteiger partial charge in [0.1, 0.15) is 17.9 Å². The van der Waals surface area contributed by atoms with E-state index in [4.69, 9.17) is 9.47 Å². The molecule has 2 heterocycles. The molecule has 5 nitrogen and oxygen atoms in total. The molecule has 5 heteroatoms. The molecule has 92 valence electrons. The second kappa shape index (κ2) is 5.63. The van der Waals surface area contributed by atoms with E-state index in [0.29, 0.717) is 19.6 Å². The third kappa shape index (κ3) is 3.17. The number of nitrogens with zero attached hydrogens (tertiary/aromatic N) is 1. The number of rotatable bonds is 4. The van der Waals surface area contributed by atoms with E-state index >= 15 is 0 Å². The van der Waals surface area contributed by atoms with E-state index in [1.165, 1.54) is 0 Å². The van der Waals surface area contributed by atoms with Gasteiger partial charge in [0, 0.05) is 25.4 Å². The predicted molar refractivity (Wildman–Crippen MR) is 61.7 cm³/mol. The average molecular weight is 236 g/mol. The number of ether oxygens (including phenoxy) is 2. The molecule has 1 aliphatic rings. The second-order valence-corrected chi connectivity index (χ2v) is 3.87. The maximum Gasteiger partial charge on any atom is 0.323 e. The average Bonchev–Trinajstić information content (AvgIpc) is 2.79. The largest absolute Gasteiger partial charge is 0.489 e. The van der Waals surface area contributed by atoms with Crippen LogP contribution in [0.3, 0.4) is 0 Å². The molecule has 1 saturated heterocycles. The third-order valence-corrected chi connectivity index (χ3v) is 2.61. The maximum atomic E-state index is 11.5. The first-order valence-electron chi connectivity index (χ1n) is 5.76. The minimum absolute atomic E-state index is 0.00630. The Morgan fingerprint density at radius 2 is 2.29 bits per heavy atom. The molecule has 0 amide bonds. The zero-order chi connectivity index (χ0) is 12.1. The van der Waals surface area contributed by atoms with Gasteiger partial charge in [-0.25, -0.2) is 0 Å². The lowest BCUT2D eigenvalue weighted by Crippen LogP contribution is -2.32. The number of pyridine rings is 1. The van der Waals surface area contributed by atoms with Gasteiger partial charge in [0.25, 0.3) is 0 Å². The number of carbonyl (C=O) groups is 1. The van der Waals surface area contributed by atoms with E-state index in [-0.39, 0.29) is 18.1 Å². The number of esters is 1. The van der Waals surface area contributed by atoms with Crippen LogP contribution in [0.25, 0.3) is 0 Å². The highest BCUT2D eigenvalue weighted by atomic mass is 16.5. The summed E-state index contributed by atoms with van der Waals surface area (Å²) in [5.74, 6) is 0.574. The van der Waals surface area contributed by atoms with E-state index in [0.717, 1.165) is 5.75 Å². The van der Waals surface area contributed by atoms with E-state index in [1.54, 1.807) is 31.5 Å². The van der Waals surface area contributed by atoms with Crippen molar-refractivity contribution in [3.8, 4) is 5.75 Å². The van der Waals surface area contributed by atoms with Crippen molar-refractivity contribution in [3.05, 3.63) is 24.5 Å². The molecule has 1 aromatic rings. The molecule has 0 aromatic carbocycles. The maximum absolute atomic E-state index is 11.5. The van der Waals surface area contributed by atoms with Crippen LogP contribution in [0, 0.1) is 0 Å². The molecule has 0 unspecified atom stereocenters. The van der Waals surface area contributed by atoms with Gasteiger partial charge in [-0.05, 0) is 19.1 Å². The Kier molecular flexibility index (Phi) is 3.93. The SMILES string of the molecule is CCOC(=O)[C@@H]1C[C@H](Oc2ccncc2)CN1. The van der Waals surface area contributed by atoms with Gasteiger partial charge >= 0.3 is 5.97 Å². The van der Waals surface area contributed by atoms with E-state index in [9.17, 15) is 4.79 Å². The number of hydrogen-bond donors (Lipinski definition) is 1. The summed E-state index contributed by atoms with van der Waals surface area (Å²) in [5.41, 5.74) is 0. The molecular weight excluding hydrogens is 220 g/mol. The van der Waals surface area contributed by atoms with Gasteiger partial charge in [-0.1, -0.05) is 0 Å². The molecule has 0 saturated carbocycles. The third-order valence-electron chi connectivity index (χ3n) is 2.61. The number of nitrogens with one attached hydrogen (secondary N) is 1. The molecule has 0 bridgehead atoms. The van der Waals surface area contributed by atoms with Gasteiger partial charge in [0.15, 0.2) is 0 Å². The standard InChI is InChI=1S/C12H16N2O3/c1-2-16-12(15)11-7-10(8-14-11)17-9-3-5-13-6-4-9/h3-6,10-11,14H,2,7-8H2,1H3/t10-,11-/m0/s1. The van der Waals surface area contributed by atoms with E-state index < -0.39 is 0 Å². The predicted octanol–water partition coefficient (Wildman–Crippen LogP) is 0.754. The number of carbonyl (C=O) groups excluding carboxylic acids is 1. The second-order valence-electron chi connectivity index (χ2n) is 3.87. The Labute approximate surface area is 100 Å². The van der Waals surface area contributed by atoms with Crippen LogP contribution in [-0.2, 0) is 9.53 Å². The summed E-state index contributed by atoms with van der Waals surface area (Å²) in [6, 6.07) is 3.36. The van der Waals surface area contributed by atoms with Crippen LogP contribution in [0.2, 0.25) is 0 Å². The Hall–Kier alpha value is -1.62. The van der Waals surface area contributed by atoms with Crippen molar-refractivity contribution < 1.29 is 14.3 Å². The van der Waals surface area contributed by atoms with Gasteiger partial charge in [-0.15, -0.1) is 0 Å². The zero-order valence-corrected chi connectivity index (χ0v) is 9.76. The molecule has 1 fully saturated rings. The van der Waals surface area contributed by atoms with Gasteiger partial charge in [0.05, 0.1) is 6.61 Å². The summed E-state index contributed by atoms with van der Waals surface area (Å²) in [7, 11) is 0. The van der Waals surface area contributed by atoms with Crippen LogP contribution in [-0.4, -0.2) is 36.3 Å². The highest BCUT2D eigenvalue weighted by Gasteiger charge is 2.31. The zero-order valence-electron chi connectivity index (χ0n) is 9.76. The lowest BCUT2D eigenvalue weighted by molar-refractivity contribution is -0.145. The molecule has 1 aromatic heterocycles. The van der Waals surface area contributed by atoms with Crippen molar-refractivity contribution in [1.29, 1.82) is 0 Å². The minimum Gasteiger partial charge on any atom is -0.489 e. The molecule has 0 radical (unpaired) electrons. The lowest BCUT2D eigenvalue weighted by atomic mass is 10.2. The van der Waals surface area contributed by atoms with Crippen molar-refractivity contribution in [2.45, 2.75) is 25.5 Å². The van der Waals surface area contributed by atoms with Crippen LogP contribution >= 0.6 is 0 Å². The van der Waals surface area contributed by atoms with Crippen molar-refractivity contribution >= 4 is 5.97 Å². The summed E-state index contributed by atoms with van der Waals surface area (Å²) in [6.07, 6.45) is 4.01. The first kappa shape index (κ1) is 11.9. The highest BCUT2D eigenvalue weighted by Crippen LogP contribution is 2.16. The van der Waals surface area contributed by atoms with Crippen molar-refractivity contribution in [2.24, 2.45) is 0 Å². The van der Waals surface area contributed by atoms with Crippen LogP contribution in [0.1, 0.15) is 13.3 Å². The first-order valence-corrected chi connectivity index (χ1v) is 5.76. The summed E-state index contributed by atoms with van der Waals surface area (Å²) in [4.78, 5) is 15.4. The Morgan fingerprint density at radius 1 is 1.53 bits per heavy atom. The molecule has 2 atom stereocenters. The summed E-state index contributed by atoms with van der Waals surface area (Å²) < 4.78 is 10.7. The fourth-order valence-electron chi connectivity index (χ4n) is 1.82. The smallest absolute Gasteiger partial charge is 0.323 e. The topological polar surface area (TPSA) is 60.5 Å². The summed E-state index contributed by atoms with van der Waals surface area (Å²) >= 11 is 0. The molecule has 0 aliphatic carbocycles. The van der Waals surface area contributed by atoms with Crippen LogP contribution < -0.4 is 10.1 Å². The normalized spacial score (nSPS) is 23.4. The fourth-order valence-corrected chi connectivity index (χ4v) is 1.82. The molecular formula is C12H16N2O3. The fraction of sp³-hybridized carbons (Fsp3) is 0.500. The van der Waals surface area contributed by atoms with Crippen LogP contribution in [0.4, 0.5) is 0 Å². The van der Waals surface area contributed by atoms with Crippen molar-refractivity contribution in [3.63, 3.8) is 0 Å². The molecule has 17 heavy (non-hydrogen) atoms. The Balaban J connectivity index is 1.84. The van der Waals surface area contributed by atoms with Gasteiger partial charge in [-0.2, -0.15) is 0 Å². The molecule has 1 N–H and O–H groups in total. The van der Waals surface area contributed by atoms with Crippen molar-refractivity contribution in [2.75, 3.05) is 13.2 Å². The lowest BCUT2D eigenvalue weighted by Gasteiger charge is -2.12. The van der Waals surface area contributed by atoms with Gasteiger partial charge in [-0.3, -0.25) is 9.78 Å². The Morgan fingerprint density at radius 3 is 3.00 bits per heavy atom. The highest BCUT2D eigenvalue weighted by molar-refractivity contribution is 5.76. The number of hydrogen-bond acceptors (Lipinski definition) is 5. The van der Waals surface area contributed by atoms with E-state index in [2.05, 4.69) is 10.3 Å². The quantitative estimate of drug-likeness (QED) is 0.782. The summed E-state index contributed by atoms with van der Waals surface area (Å²) in [5, 5.41) is 3.10. The molecule has 0 spiro atoms. The molecule has 2 rings (SSSR count). The minimum atomic E-state index is -0.248. The Bertz CT molecular complexity index is 369. The molecule has 1 aliphatic heterocycles. The summed E-state index contributed by atoms with van der Waals surface area (Å²) in [6.45, 7) is 2.87. The van der Waals surface area contributed by atoms with Crippen LogP contribution in [0.15, 0.2) is 24.5 Å². The van der Waals surface area contributed by atoms with Crippen LogP contribution in [0.5, 0.6) is 5.75 Å². The monoisotopic (exact) mass is 236 g/mol. The van der Waals surface area contributed by atoms with Crippen molar-refractivity contribution in [1.82, 2.24) is 10.3 Å². The van der Waals surface area contributed by atoms with E-state index in [1.807, 2.05) is 0 Å².